The van der Waals surface area contributed by atoms with Gasteiger partial charge in [-0.05, 0) is 12.1 Å². The number of benzene rings is 1. The molecule has 0 radical (unpaired) electrons. The predicted octanol–water partition coefficient (Wildman–Crippen LogP) is 1.61. The zero-order valence-corrected chi connectivity index (χ0v) is 7.79. The average Bonchev–Trinajstić information content (AvgIpc) is 2.70. The fourth-order valence-electron chi connectivity index (χ4n) is 1.29. The number of hydrogen-bond donors (Lipinski definition) is 0. The molecule has 2 rings (SSSR count). The standard InChI is InChI=1S/C10H10FNO2/c1-13-7-2-3-8(9(11)6-7)10-12-4-5-14-10/h2-3,6H,4-5H2,1H3. The molecule has 0 bridgehead atoms. The number of ether oxygens (including phenoxy) is 2. The third-order valence-corrected chi connectivity index (χ3v) is 1.99. The Balaban J connectivity index is 2.34. The Morgan fingerprint density at radius 3 is 2.93 bits per heavy atom. The summed E-state index contributed by atoms with van der Waals surface area (Å²) in [5.41, 5.74) is 0.392. The highest BCUT2D eigenvalue weighted by Gasteiger charge is 2.15. The first-order chi connectivity index (χ1) is 6.81. The van der Waals surface area contributed by atoms with Gasteiger partial charge in [0.15, 0.2) is 0 Å². The molecule has 3 nitrogen and oxygen atoms in total. The fraction of sp³-hybridized carbons (Fsp3) is 0.300. The maximum Gasteiger partial charge on any atom is 0.219 e. The van der Waals surface area contributed by atoms with Crippen molar-refractivity contribution in [2.75, 3.05) is 20.3 Å². The summed E-state index contributed by atoms with van der Waals surface area (Å²) in [6.07, 6.45) is 0. The van der Waals surface area contributed by atoms with Gasteiger partial charge in [0.2, 0.25) is 5.90 Å². The fourth-order valence-corrected chi connectivity index (χ4v) is 1.29. The molecule has 0 atom stereocenters. The van der Waals surface area contributed by atoms with E-state index in [9.17, 15) is 4.39 Å². The zero-order chi connectivity index (χ0) is 9.97. The van der Waals surface area contributed by atoms with Gasteiger partial charge >= 0.3 is 0 Å². The van der Waals surface area contributed by atoms with Crippen molar-refractivity contribution >= 4 is 5.90 Å². The van der Waals surface area contributed by atoms with Gasteiger partial charge in [-0.3, -0.25) is 0 Å². The quantitative estimate of drug-likeness (QED) is 0.717. The molecule has 0 spiro atoms. The smallest absolute Gasteiger partial charge is 0.219 e. The second-order valence-electron chi connectivity index (χ2n) is 2.88. The number of halogens is 1. The highest BCUT2D eigenvalue weighted by Crippen LogP contribution is 2.18. The molecule has 0 saturated heterocycles. The van der Waals surface area contributed by atoms with Crippen LogP contribution >= 0.6 is 0 Å². The first kappa shape index (κ1) is 8.99. The molecule has 1 aromatic carbocycles. The van der Waals surface area contributed by atoms with Crippen molar-refractivity contribution in [1.29, 1.82) is 0 Å². The molecular weight excluding hydrogens is 185 g/mol. The molecule has 1 aromatic rings. The van der Waals surface area contributed by atoms with Gasteiger partial charge in [0.25, 0.3) is 0 Å². The lowest BCUT2D eigenvalue weighted by Gasteiger charge is -2.05. The van der Waals surface area contributed by atoms with E-state index in [-0.39, 0.29) is 5.82 Å². The predicted molar refractivity (Wildman–Crippen MR) is 50.3 cm³/mol. The average molecular weight is 195 g/mol. The third-order valence-electron chi connectivity index (χ3n) is 1.99. The number of rotatable bonds is 2. The molecule has 1 aliphatic rings. The Hall–Kier alpha value is -1.58. The summed E-state index contributed by atoms with van der Waals surface area (Å²) in [6.45, 7) is 1.13. The summed E-state index contributed by atoms with van der Waals surface area (Å²) in [5.74, 6) is 0.500. The Morgan fingerprint density at radius 1 is 1.50 bits per heavy atom. The van der Waals surface area contributed by atoms with Crippen LogP contribution in [0.4, 0.5) is 4.39 Å². The van der Waals surface area contributed by atoms with E-state index < -0.39 is 0 Å². The van der Waals surface area contributed by atoms with Crippen LogP contribution in [-0.2, 0) is 4.74 Å². The van der Waals surface area contributed by atoms with Crippen LogP contribution in [0.25, 0.3) is 0 Å². The number of methoxy groups -OCH3 is 1. The van der Waals surface area contributed by atoms with E-state index >= 15 is 0 Å². The van der Waals surface area contributed by atoms with Gasteiger partial charge in [-0.1, -0.05) is 0 Å². The third kappa shape index (κ3) is 1.55. The van der Waals surface area contributed by atoms with E-state index in [1.54, 1.807) is 12.1 Å². The first-order valence-corrected chi connectivity index (χ1v) is 4.32. The van der Waals surface area contributed by atoms with Crippen molar-refractivity contribution in [1.82, 2.24) is 0 Å². The Morgan fingerprint density at radius 2 is 2.36 bits per heavy atom. The van der Waals surface area contributed by atoms with Crippen LogP contribution in [0.15, 0.2) is 23.2 Å². The molecule has 0 fully saturated rings. The minimum Gasteiger partial charge on any atom is -0.497 e. The van der Waals surface area contributed by atoms with E-state index in [1.165, 1.54) is 13.2 Å². The highest BCUT2D eigenvalue weighted by molar-refractivity contribution is 5.95. The molecule has 0 aromatic heterocycles. The molecule has 14 heavy (non-hydrogen) atoms. The molecule has 1 aliphatic heterocycles. The van der Waals surface area contributed by atoms with Gasteiger partial charge in [-0.2, -0.15) is 0 Å². The zero-order valence-electron chi connectivity index (χ0n) is 7.79. The van der Waals surface area contributed by atoms with Crippen LogP contribution in [0.3, 0.4) is 0 Å². The Bertz CT molecular complexity index is 376. The number of hydrogen-bond acceptors (Lipinski definition) is 3. The SMILES string of the molecule is COc1ccc(C2=NCCO2)c(F)c1. The maximum absolute atomic E-state index is 13.4. The molecule has 0 N–H and O–H groups in total. The van der Waals surface area contributed by atoms with Crippen molar-refractivity contribution < 1.29 is 13.9 Å². The summed E-state index contributed by atoms with van der Waals surface area (Å²) in [6, 6.07) is 4.61. The van der Waals surface area contributed by atoms with E-state index in [4.69, 9.17) is 9.47 Å². The van der Waals surface area contributed by atoms with Gasteiger partial charge in [0.05, 0.1) is 19.2 Å². The minimum absolute atomic E-state index is 0.370. The molecule has 0 amide bonds. The van der Waals surface area contributed by atoms with Gasteiger partial charge in [0, 0.05) is 6.07 Å². The second kappa shape index (κ2) is 3.65. The summed E-state index contributed by atoms with van der Waals surface area (Å²) in [5, 5.41) is 0. The first-order valence-electron chi connectivity index (χ1n) is 4.32. The van der Waals surface area contributed by atoms with Crippen molar-refractivity contribution in [3.63, 3.8) is 0 Å². The van der Waals surface area contributed by atoms with Crippen LogP contribution in [0.1, 0.15) is 5.56 Å². The highest BCUT2D eigenvalue weighted by atomic mass is 19.1. The van der Waals surface area contributed by atoms with Crippen LogP contribution in [0, 0.1) is 5.82 Å². The van der Waals surface area contributed by atoms with Crippen LogP contribution in [0.5, 0.6) is 5.75 Å². The number of nitrogens with zero attached hydrogens (tertiary/aromatic N) is 1. The lowest BCUT2D eigenvalue weighted by atomic mass is 10.2. The van der Waals surface area contributed by atoms with Crippen LogP contribution in [0.2, 0.25) is 0 Å². The van der Waals surface area contributed by atoms with Gasteiger partial charge < -0.3 is 9.47 Å². The van der Waals surface area contributed by atoms with E-state index in [0.717, 1.165) is 0 Å². The van der Waals surface area contributed by atoms with Crippen molar-refractivity contribution in [3.05, 3.63) is 29.6 Å². The van der Waals surface area contributed by atoms with E-state index in [2.05, 4.69) is 4.99 Å². The lowest BCUT2D eigenvalue weighted by Crippen LogP contribution is -2.04. The maximum atomic E-state index is 13.4. The summed E-state index contributed by atoms with van der Waals surface area (Å²) >= 11 is 0. The molecule has 0 unspecified atom stereocenters. The molecule has 1 heterocycles. The van der Waals surface area contributed by atoms with Crippen LogP contribution < -0.4 is 4.74 Å². The topological polar surface area (TPSA) is 30.8 Å². The van der Waals surface area contributed by atoms with Crippen molar-refractivity contribution in [2.24, 2.45) is 4.99 Å². The monoisotopic (exact) mass is 195 g/mol. The van der Waals surface area contributed by atoms with Gasteiger partial charge in [-0.15, -0.1) is 0 Å². The Kier molecular flexibility index (Phi) is 2.35. The van der Waals surface area contributed by atoms with E-state index in [1.807, 2.05) is 0 Å². The normalized spacial score (nSPS) is 14.9. The van der Waals surface area contributed by atoms with Crippen molar-refractivity contribution in [2.45, 2.75) is 0 Å². The van der Waals surface area contributed by atoms with Crippen molar-refractivity contribution in [3.8, 4) is 5.75 Å². The van der Waals surface area contributed by atoms with Gasteiger partial charge in [-0.25, -0.2) is 9.38 Å². The second-order valence-corrected chi connectivity index (χ2v) is 2.88. The molecule has 0 saturated carbocycles. The molecule has 4 heteroatoms. The molecule has 74 valence electrons. The summed E-state index contributed by atoms with van der Waals surface area (Å²) < 4.78 is 23.5. The van der Waals surface area contributed by atoms with E-state index in [0.29, 0.717) is 30.4 Å². The summed E-state index contributed by atoms with van der Waals surface area (Å²) in [4.78, 5) is 4.04. The lowest BCUT2D eigenvalue weighted by molar-refractivity contribution is 0.346. The largest absolute Gasteiger partial charge is 0.497 e. The Labute approximate surface area is 81.2 Å². The van der Waals surface area contributed by atoms with Crippen LogP contribution in [-0.4, -0.2) is 26.2 Å². The van der Waals surface area contributed by atoms with Gasteiger partial charge in [0.1, 0.15) is 18.2 Å². The summed E-state index contributed by atoms with van der Waals surface area (Å²) in [7, 11) is 1.50. The number of aliphatic imine (C=N–C) groups is 1. The molecule has 0 aliphatic carbocycles. The minimum atomic E-state index is -0.370. The molecular formula is C10H10FNO2.